The van der Waals surface area contributed by atoms with Crippen LogP contribution in [-0.2, 0) is 46.3 Å². The molecule has 0 bridgehead atoms. The molecule has 2 heterocycles. The topological polar surface area (TPSA) is 326 Å². The number of carbonyl (C=O) groups is 2. The summed E-state index contributed by atoms with van der Waals surface area (Å²) in [6.45, 7) is 1.63. The molecule has 0 spiro atoms. The highest BCUT2D eigenvalue weighted by Crippen LogP contribution is 2.60. The molecular weight excluding hydrogens is 993 g/mol. The summed E-state index contributed by atoms with van der Waals surface area (Å²) in [7, 11) is -11.0. The Labute approximate surface area is 430 Å². The highest BCUT2D eigenvalue weighted by atomic mass is 31.3. The van der Waals surface area contributed by atoms with E-state index in [4.69, 9.17) is 29.0 Å². The number of hydrogen-bond donors (Lipinski definition) is 8. The number of ether oxygens (including phenoxy) is 3. The van der Waals surface area contributed by atoms with Crippen LogP contribution in [0, 0.1) is 0 Å². The second-order valence-corrected chi connectivity index (χ2v) is 20.9. The molecule has 1 fully saturated rings. The van der Waals surface area contributed by atoms with Gasteiger partial charge >= 0.3 is 33.3 Å². The third-order valence-corrected chi connectivity index (χ3v) is 14.1. The number of esters is 2. The first-order valence-corrected chi connectivity index (χ1v) is 28.6. The molecule has 2 rings (SSSR count). The Kier molecular flexibility index (Phi) is 34.0. The lowest BCUT2D eigenvalue weighted by Crippen LogP contribution is -2.36. The van der Waals surface area contributed by atoms with Crippen molar-refractivity contribution in [2.75, 3.05) is 25.6 Å². The van der Waals surface area contributed by atoms with E-state index >= 15 is 0 Å². The van der Waals surface area contributed by atoms with Crippen molar-refractivity contribution in [3.63, 3.8) is 0 Å². The van der Waals surface area contributed by atoms with Gasteiger partial charge in [0.05, 0.1) is 31.5 Å². The highest BCUT2D eigenvalue weighted by Gasteiger charge is 2.46. The van der Waals surface area contributed by atoms with E-state index in [2.05, 4.69) is 16.2 Å². The predicted molar refractivity (Wildman–Crippen MR) is 274 cm³/mol. The molecule has 23 heteroatoms. The number of aliphatic hydroxyl groups excluding tert-OH is 5. The van der Waals surface area contributed by atoms with E-state index in [1.807, 2.05) is 19.1 Å². The first kappa shape index (κ1) is 65.5. The van der Waals surface area contributed by atoms with E-state index < -0.39 is 102 Å². The number of aromatic nitrogens is 2. The summed E-state index contributed by atoms with van der Waals surface area (Å²) in [6, 6.07) is 1.22. The minimum atomic E-state index is -5.52. The van der Waals surface area contributed by atoms with Crippen molar-refractivity contribution in [1.82, 2.24) is 9.55 Å². The summed E-state index contributed by atoms with van der Waals surface area (Å²) in [6.07, 6.45) is 25.2. The number of phosphoric ester groups is 2. The van der Waals surface area contributed by atoms with E-state index in [9.17, 15) is 58.8 Å². The molecular formula is C50H83N3O18P2. The third-order valence-electron chi connectivity index (χ3n) is 11.5. The number of rotatable bonds is 41. The summed E-state index contributed by atoms with van der Waals surface area (Å²) >= 11 is 0. The monoisotopic (exact) mass is 1080 g/mol. The number of aliphatic hydroxyl groups is 5. The van der Waals surface area contributed by atoms with Gasteiger partial charge in [-0.15, -0.1) is 0 Å². The first-order valence-electron chi connectivity index (χ1n) is 25.6. The third kappa shape index (κ3) is 30.5. The van der Waals surface area contributed by atoms with Crippen molar-refractivity contribution in [1.29, 1.82) is 0 Å². The molecule has 1 saturated heterocycles. The van der Waals surface area contributed by atoms with Gasteiger partial charge in [0.15, 0.2) is 12.3 Å². The Morgan fingerprint density at radius 2 is 1.32 bits per heavy atom. The summed E-state index contributed by atoms with van der Waals surface area (Å²) in [5.41, 5.74) is 4.55. The molecule has 73 heavy (non-hydrogen) atoms. The van der Waals surface area contributed by atoms with Crippen molar-refractivity contribution < 1.29 is 81.6 Å². The zero-order valence-electron chi connectivity index (χ0n) is 42.5. The van der Waals surface area contributed by atoms with Gasteiger partial charge in [-0.3, -0.25) is 23.2 Å². The van der Waals surface area contributed by atoms with Gasteiger partial charge in [-0.2, -0.15) is 9.29 Å². The van der Waals surface area contributed by atoms with Crippen molar-refractivity contribution >= 4 is 33.4 Å². The van der Waals surface area contributed by atoms with Gasteiger partial charge in [0.25, 0.3) is 0 Å². The van der Waals surface area contributed by atoms with Crippen LogP contribution in [0.15, 0.2) is 77.8 Å². The van der Waals surface area contributed by atoms with E-state index in [0.29, 0.717) is 12.8 Å². The summed E-state index contributed by atoms with van der Waals surface area (Å²) in [4.78, 5) is 61.9. The van der Waals surface area contributed by atoms with Crippen LogP contribution in [0.4, 0.5) is 5.82 Å². The lowest BCUT2D eigenvalue weighted by atomic mass is 10.0. The minimum absolute atomic E-state index is 0.0277. The van der Waals surface area contributed by atoms with E-state index in [1.54, 1.807) is 36.5 Å². The largest absolute Gasteiger partial charge is 0.481 e. The Bertz CT molecular complexity index is 2010. The van der Waals surface area contributed by atoms with Gasteiger partial charge in [-0.05, 0) is 38.2 Å². The predicted octanol–water partition coefficient (Wildman–Crippen LogP) is 7.25. The molecule has 0 aliphatic carbocycles. The van der Waals surface area contributed by atoms with Crippen LogP contribution in [0.1, 0.15) is 155 Å². The molecule has 10 atom stereocenters. The molecule has 1 aromatic heterocycles. The quantitative estimate of drug-likeness (QED) is 0.0105. The summed E-state index contributed by atoms with van der Waals surface area (Å²) in [5, 5.41) is 51.6. The molecule has 1 aliphatic rings. The Hall–Kier alpha value is -3.66. The number of hydrogen-bond acceptors (Lipinski definition) is 18. The summed E-state index contributed by atoms with van der Waals surface area (Å²) < 4.78 is 56.5. The van der Waals surface area contributed by atoms with E-state index in [1.165, 1.54) is 82.4 Å². The van der Waals surface area contributed by atoms with Gasteiger partial charge in [0.2, 0.25) is 0 Å². The first-order chi connectivity index (χ1) is 34.9. The minimum Gasteiger partial charge on any atom is -0.462 e. The molecule has 9 N–H and O–H groups in total. The lowest BCUT2D eigenvalue weighted by Gasteiger charge is -2.21. The standard InChI is InChI=1S/C50H83N3O18P2/c1-3-5-7-8-9-10-11-12-13-14-15-16-17-22-26-32-45(57)66-36-40(69-46(58)33-27-31-42(56)41(55)30-25-21-19-18-20-24-29-39(54)28-23-6-4-2)37-67-72(62,63)71-73(64,65)68-38-43-47(59)48(60)49(70-43)53-35-34-44(51)52-50(53)61/h6,18-21,23-25,29-30,34-35,39-43,47-49,54-56,59-60H,3-5,7-17,22,26-28,31-33,36-38H2,1-2H3,(H,62,63)(H,64,65)(H2,51,52,61)/b20-18+,21-19-,23-6-,29-24+,30-25-/t39-,40+,41+,42+,43+,47+,48+,49+/m0/s1. The van der Waals surface area contributed by atoms with E-state index in [0.717, 1.165) is 42.9 Å². The van der Waals surface area contributed by atoms with Crippen LogP contribution < -0.4 is 11.4 Å². The maximum Gasteiger partial charge on any atom is 0.481 e. The van der Waals surface area contributed by atoms with Crippen molar-refractivity contribution in [3.8, 4) is 0 Å². The zero-order chi connectivity index (χ0) is 53.9. The Balaban J connectivity index is 1.89. The Morgan fingerprint density at radius 1 is 0.753 bits per heavy atom. The van der Waals surface area contributed by atoms with Crippen LogP contribution >= 0.6 is 15.6 Å². The number of unbranched alkanes of at least 4 members (excludes halogenated alkanes) is 14. The van der Waals surface area contributed by atoms with Gasteiger partial charge in [-0.25, -0.2) is 13.9 Å². The van der Waals surface area contributed by atoms with Crippen LogP contribution in [0.5, 0.6) is 0 Å². The fourth-order valence-corrected chi connectivity index (χ4v) is 9.47. The Morgan fingerprint density at radius 3 is 1.92 bits per heavy atom. The average Bonchev–Trinajstić information content (AvgIpc) is 3.62. The zero-order valence-corrected chi connectivity index (χ0v) is 44.3. The fraction of sp³-hybridized carbons (Fsp3) is 0.680. The molecule has 1 aromatic rings. The smallest absolute Gasteiger partial charge is 0.462 e. The van der Waals surface area contributed by atoms with Gasteiger partial charge in [-0.1, -0.05) is 164 Å². The lowest BCUT2D eigenvalue weighted by molar-refractivity contribution is -0.161. The number of nitrogen functional groups attached to an aromatic ring is 1. The second kappa shape index (κ2) is 38.0. The van der Waals surface area contributed by atoms with Crippen molar-refractivity contribution in [2.24, 2.45) is 0 Å². The maximum absolute atomic E-state index is 12.9. The number of phosphoric acid groups is 2. The van der Waals surface area contributed by atoms with Gasteiger partial charge in [0, 0.05) is 19.0 Å². The molecule has 1 aliphatic heterocycles. The number of carbonyl (C=O) groups excluding carboxylic acids is 2. The molecule has 0 amide bonds. The van der Waals surface area contributed by atoms with Crippen molar-refractivity contribution in [3.05, 3.63) is 83.5 Å². The maximum atomic E-state index is 12.9. The SMILES string of the molecule is CC/C=C\C[C@H](O)/C=C/C=C/C=C\C=C/[C@@H](O)[C@H](O)CCCC(=O)O[C@H](COC(=O)CCCCCCCCCCCCCCCCC)COP(=O)(O)OP(=O)(O)OC[C@H]1O[C@@H](n2ccc(N)nc2=O)[C@H](O)[C@@H]1O. The fourth-order valence-electron chi connectivity index (χ4n) is 7.36. The number of nitrogens with zero attached hydrogens (tertiary/aromatic N) is 2. The van der Waals surface area contributed by atoms with E-state index in [-0.39, 0.29) is 31.5 Å². The molecule has 0 radical (unpaired) electrons. The normalized spacial score (nSPS) is 20.8. The molecule has 21 nitrogen and oxygen atoms in total. The molecule has 416 valence electrons. The van der Waals surface area contributed by atoms with Crippen LogP contribution in [-0.4, -0.2) is 119 Å². The van der Waals surface area contributed by atoms with Crippen molar-refractivity contribution in [2.45, 2.75) is 198 Å². The highest BCUT2D eigenvalue weighted by molar-refractivity contribution is 7.61. The van der Waals surface area contributed by atoms with Crippen LogP contribution in [0.2, 0.25) is 0 Å². The van der Waals surface area contributed by atoms with Gasteiger partial charge in [0.1, 0.15) is 30.7 Å². The van der Waals surface area contributed by atoms with Crippen LogP contribution in [0.3, 0.4) is 0 Å². The number of nitrogens with two attached hydrogens (primary N) is 1. The average molecular weight is 1080 g/mol. The molecule has 2 unspecified atom stereocenters. The molecule has 0 saturated carbocycles. The van der Waals surface area contributed by atoms with Gasteiger partial charge < -0.3 is 55.3 Å². The number of anilines is 1. The van der Waals surface area contributed by atoms with Crippen LogP contribution in [0.25, 0.3) is 0 Å². The summed E-state index contributed by atoms with van der Waals surface area (Å²) in [5.74, 6) is -1.65. The molecule has 0 aromatic carbocycles. The number of allylic oxidation sites excluding steroid dienone is 7. The second-order valence-electron chi connectivity index (χ2n) is 17.9.